The second kappa shape index (κ2) is 6.24. The molecule has 17 heavy (non-hydrogen) atoms. The van der Waals surface area contributed by atoms with E-state index in [4.69, 9.17) is 10.5 Å². The van der Waals surface area contributed by atoms with Gasteiger partial charge in [0.05, 0.1) is 0 Å². The molecule has 1 aliphatic carbocycles. The Balaban J connectivity index is 2.23. The minimum Gasteiger partial charge on any atom is -0.444 e. The first kappa shape index (κ1) is 14.3. The fourth-order valence-corrected chi connectivity index (χ4v) is 2.34. The zero-order chi connectivity index (χ0) is 12.9. The van der Waals surface area contributed by atoms with Crippen molar-refractivity contribution in [2.45, 2.75) is 52.1 Å². The highest BCUT2D eigenvalue weighted by Gasteiger charge is 2.22. The van der Waals surface area contributed by atoms with E-state index in [0.29, 0.717) is 18.4 Å². The van der Waals surface area contributed by atoms with Crippen molar-refractivity contribution in [1.29, 1.82) is 0 Å². The number of rotatable bonds is 3. The molecule has 0 radical (unpaired) electrons. The van der Waals surface area contributed by atoms with Crippen LogP contribution in [0.2, 0.25) is 0 Å². The average molecular weight is 242 g/mol. The molecule has 0 heterocycles. The van der Waals surface area contributed by atoms with Crippen LogP contribution < -0.4 is 11.1 Å². The van der Waals surface area contributed by atoms with Crippen LogP contribution in [0.1, 0.15) is 46.5 Å². The fourth-order valence-electron chi connectivity index (χ4n) is 2.34. The van der Waals surface area contributed by atoms with E-state index in [1.165, 1.54) is 19.3 Å². The highest BCUT2D eigenvalue weighted by Crippen LogP contribution is 2.27. The molecule has 4 nitrogen and oxygen atoms in total. The second-order valence-electron chi connectivity index (χ2n) is 6.02. The molecule has 0 saturated heterocycles. The first-order chi connectivity index (χ1) is 7.90. The normalized spacial score (nSPS) is 25.4. The fraction of sp³-hybridized carbons (Fsp3) is 0.923. The van der Waals surface area contributed by atoms with Crippen molar-refractivity contribution in [2.75, 3.05) is 13.1 Å². The van der Waals surface area contributed by atoms with Gasteiger partial charge in [0.1, 0.15) is 5.60 Å². The highest BCUT2D eigenvalue weighted by molar-refractivity contribution is 5.67. The summed E-state index contributed by atoms with van der Waals surface area (Å²) in [6, 6.07) is 0. The summed E-state index contributed by atoms with van der Waals surface area (Å²) in [6.45, 7) is 7.10. The maximum Gasteiger partial charge on any atom is 0.407 e. The molecule has 4 heteroatoms. The molecule has 100 valence electrons. The van der Waals surface area contributed by atoms with E-state index in [1.807, 2.05) is 20.8 Å². The van der Waals surface area contributed by atoms with Crippen LogP contribution in [0, 0.1) is 11.8 Å². The summed E-state index contributed by atoms with van der Waals surface area (Å²) in [5.41, 5.74) is 5.27. The molecule has 1 aliphatic rings. The van der Waals surface area contributed by atoms with Gasteiger partial charge in [-0.2, -0.15) is 0 Å². The van der Waals surface area contributed by atoms with Gasteiger partial charge in [0.2, 0.25) is 0 Å². The van der Waals surface area contributed by atoms with Gasteiger partial charge in [-0.05, 0) is 58.4 Å². The number of amides is 1. The number of nitrogens with one attached hydrogen (secondary N) is 1. The number of carbonyl (C=O) groups excluding carboxylic acids is 1. The van der Waals surface area contributed by atoms with Crippen molar-refractivity contribution in [1.82, 2.24) is 5.32 Å². The van der Waals surface area contributed by atoms with Crippen LogP contribution in [0.5, 0.6) is 0 Å². The molecular formula is C13H26N2O2. The molecule has 1 rings (SSSR count). The molecule has 0 aromatic carbocycles. The maximum atomic E-state index is 11.5. The molecule has 0 unspecified atom stereocenters. The van der Waals surface area contributed by atoms with E-state index >= 15 is 0 Å². The van der Waals surface area contributed by atoms with E-state index in [9.17, 15) is 4.79 Å². The lowest BCUT2D eigenvalue weighted by molar-refractivity contribution is 0.0512. The molecule has 1 fully saturated rings. The maximum absolute atomic E-state index is 11.5. The van der Waals surface area contributed by atoms with Crippen molar-refractivity contribution >= 4 is 6.09 Å². The van der Waals surface area contributed by atoms with E-state index in [-0.39, 0.29) is 6.09 Å². The molecule has 0 aliphatic heterocycles. The van der Waals surface area contributed by atoms with Crippen LogP contribution in [0.3, 0.4) is 0 Å². The first-order valence-electron chi connectivity index (χ1n) is 6.57. The molecule has 0 bridgehead atoms. The van der Waals surface area contributed by atoms with E-state index in [2.05, 4.69) is 5.32 Å². The van der Waals surface area contributed by atoms with Crippen molar-refractivity contribution in [3.05, 3.63) is 0 Å². The predicted octanol–water partition coefficient (Wildman–Crippen LogP) is 2.28. The van der Waals surface area contributed by atoms with E-state index < -0.39 is 5.60 Å². The van der Waals surface area contributed by atoms with Crippen molar-refractivity contribution < 1.29 is 9.53 Å². The Kier molecular flexibility index (Phi) is 5.25. The lowest BCUT2D eigenvalue weighted by atomic mass is 9.81. The Morgan fingerprint density at radius 1 is 1.35 bits per heavy atom. The number of hydrogen-bond acceptors (Lipinski definition) is 3. The predicted molar refractivity (Wildman–Crippen MR) is 68.7 cm³/mol. The van der Waals surface area contributed by atoms with Crippen LogP contribution in [-0.2, 0) is 4.74 Å². The number of carbonyl (C=O) groups is 1. The second-order valence-corrected chi connectivity index (χ2v) is 6.02. The van der Waals surface area contributed by atoms with E-state index in [1.54, 1.807) is 0 Å². The molecule has 1 amide bonds. The van der Waals surface area contributed by atoms with Crippen LogP contribution in [0.4, 0.5) is 4.79 Å². The Bertz CT molecular complexity index is 248. The number of alkyl carbamates (subject to hydrolysis) is 1. The first-order valence-corrected chi connectivity index (χ1v) is 6.57. The Hall–Kier alpha value is -0.770. The third kappa shape index (κ3) is 5.91. The van der Waals surface area contributed by atoms with Crippen molar-refractivity contribution in [2.24, 2.45) is 17.6 Å². The third-order valence-electron chi connectivity index (χ3n) is 3.16. The summed E-state index contributed by atoms with van der Waals surface area (Å²) < 4.78 is 5.21. The number of nitrogens with two attached hydrogens (primary N) is 1. The third-order valence-corrected chi connectivity index (χ3v) is 3.16. The molecule has 0 spiro atoms. The zero-order valence-electron chi connectivity index (χ0n) is 11.3. The number of hydrogen-bond donors (Lipinski definition) is 2. The molecule has 0 aromatic heterocycles. The summed E-state index contributed by atoms with van der Waals surface area (Å²) in [6.07, 6.45) is 4.47. The van der Waals surface area contributed by atoms with Gasteiger partial charge < -0.3 is 15.8 Å². The molecular weight excluding hydrogens is 216 g/mol. The van der Waals surface area contributed by atoms with Gasteiger partial charge in [-0.15, -0.1) is 0 Å². The lowest BCUT2D eigenvalue weighted by Gasteiger charge is -2.28. The molecule has 2 atom stereocenters. The van der Waals surface area contributed by atoms with Gasteiger partial charge in [0, 0.05) is 6.54 Å². The van der Waals surface area contributed by atoms with Gasteiger partial charge in [-0.25, -0.2) is 4.79 Å². The molecule has 3 N–H and O–H groups in total. The highest BCUT2D eigenvalue weighted by atomic mass is 16.6. The molecule has 0 aromatic rings. The Morgan fingerprint density at radius 2 is 2.00 bits per heavy atom. The minimum atomic E-state index is -0.420. The summed E-state index contributed by atoms with van der Waals surface area (Å²) in [5.74, 6) is 1.19. The van der Waals surface area contributed by atoms with Crippen molar-refractivity contribution in [3.8, 4) is 0 Å². The topological polar surface area (TPSA) is 64.3 Å². The lowest BCUT2D eigenvalue weighted by Crippen LogP contribution is -2.37. The average Bonchev–Trinajstić information content (AvgIpc) is 2.24. The van der Waals surface area contributed by atoms with Crippen molar-refractivity contribution in [3.63, 3.8) is 0 Å². The van der Waals surface area contributed by atoms with Crippen LogP contribution in [-0.4, -0.2) is 24.8 Å². The SMILES string of the molecule is CC(C)(C)OC(=O)NC[C@H]1CCC[C@@H](CN)C1. The van der Waals surface area contributed by atoms with Crippen LogP contribution >= 0.6 is 0 Å². The summed E-state index contributed by atoms with van der Waals surface area (Å²) in [4.78, 5) is 11.5. The molecule has 1 saturated carbocycles. The zero-order valence-corrected chi connectivity index (χ0v) is 11.3. The standard InChI is InChI=1S/C13H26N2O2/c1-13(2,3)17-12(16)15-9-11-6-4-5-10(7-11)8-14/h10-11H,4-9,14H2,1-3H3,(H,15,16)/t10-,11+/m1/s1. The van der Waals surface area contributed by atoms with Gasteiger partial charge in [-0.3, -0.25) is 0 Å². The largest absolute Gasteiger partial charge is 0.444 e. The Morgan fingerprint density at radius 3 is 2.59 bits per heavy atom. The minimum absolute atomic E-state index is 0.313. The van der Waals surface area contributed by atoms with Crippen LogP contribution in [0.15, 0.2) is 0 Å². The summed E-state index contributed by atoms with van der Waals surface area (Å²) in [7, 11) is 0. The number of ether oxygens (including phenoxy) is 1. The summed E-state index contributed by atoms with van der Waals surface area (Å²) >= 11 is 0. The quantitative estimate of drug-likeness (QED) is 0.798. The van der Waals surface area contributed by atoms with Gasteiger partial charge in [0.25, 0.3) is 0 Å². The smallest absolute Gasteiger partial charge is 0.407 e. The summed E-state index contributed by atoms with van der Waals surface area (Å²) in [5, 5.41) is 2.85. The van der Waals surface area contributed by atoms with Gasteiger partial charge in [-0.1, -0.05) is 6.42 Å². The van der Waals surface area contributed by atoms with E-state index in [0.717, 1.165) is 13.0 Å². The monoisotopic (exact) mass is 242 g/mol. The Labute approximate surface area is 104 Å². The van der Waals surface area contributed by atoms with Gasteiger partial charge >= 0.3 is 6.09 Å². The van der Waals surface area contributed by atoms with Crippen LogP contribution in [0.25, 0.3) is 0 Å². The van der Waals surface area contributed by atoms with Gasteiger partial charge in [0.15, 0.2) is 0 Å².